The molecule has 0 radical (unpaired) electrons. The highest BCUT2D eigenvalue weighted by Crippen LogP contribution is 2.37. The van der Waals surface area contributed by atoms with E-state index < -0.39 is 6.61 Å². The van der Waals surface area contributed by atoms with Crippen LogP contribution in [-0.4, -0.2) is 21.2 Å². The lowest BCUT2D eigenvalue weighted by atomic mass is 10.0. The standard InChI is InChI=1S/C17H11F2N3O/c18-17(19)23-14-7-6-11-4-1-2-5-12(11)16(14)13-10-15-20-8-3-9-22(15)21-13/h1-10,17H. The van der Waals surface area contributed by atoms with Gasteiger partial charge in [0, 0.05) is 18.5 Å². The van der Waals surface area contributed by atoms with E-state index in [1.54, 1.807) is 41.2 Å². The molecule has 0 atom stereocenters. The quantitative estimate of drug-likeness (QED) is 0.570. The topological polar surface area (TPSA) is 39.4 Å². The van der Waals surface area contributed by atoms with E-state index >= 15 is 0 Å². The minimum Gasteiger partial charge on any atom is -0.434 e. The van der Waals surface area contributed by atoms with Crippen molar-refractivity contribution in [3.63, 3.8) is 0 Å². The van der Waals surface area contributed by atoms with E-state index in [0.29, 0.717) is 16.9 Å². The number of benzene rings is 2. The van der Waals surface area contributed by atoms with Gasteiger partial charge in [0.05, 0.1) is 11.3 Å². The fourth-order valence-electron chi connectivity index (χ4n) is 2.66. The van der Waals surface area contributed by atoms with Crippen LogP contribution < -0.4 is 4.74 Å². The monoisotopic (exact) mass is 311 g/mol. The molecule has 4 aromatic rings. The van der Waals surface area contributed by atoms with Crippen LogP contribution in [0.5, 0.6) is 5.75 Å². The maximum atomic E-state index is 12.8. The third-order valence-corrected chi connectivity index (χ3v) is 3.60. The summed E-state index contributed by atoms with van der Waals surface area (Å²) in [6.07, 6.45) is 3.41. The van der Waals surface area contributed by atoms with Crippen molar-refractivity contribution in [3.05, 3.63) is 60.9 Å². The van der Waals surface area contributed by atoms with Gasteiger partial charge in [0.1, 0.15) is 5.75 Å². The molecule has 4 nitrogen and oxygen atoms in total. The number of alkyl halides is 2. The molecule has 114 valence electrons. The van der Waals surface area contributed by atoms with E-state index in [1.807, 2.05) is 24.3 Å². The van der Waals surface area contributed by atoms with Crippen molar-refractivity contribution < 1.29 is 13.5 Å². The van der Waals surface area contributed by atoms with Crippen molar-refractivity contribution in [1.29, 1.82) is 0 Å². The zero-order chi connectivity index (χ0) is 15.8. The van der Waals surface area contributed by atoms with E-state index in [0.717, 1.165) is 10.8 Å². The third-order valence-electron chi connectivity index (χ3n) is 3.60. The van der Waals surface area contributed by atoms with Crippen molar-refractivity contribution in [2.24, 2.45) is 0 Å². The second kappa shape index (κ2) is 5.31. The summed E-state index contributed by atoms with van der Waals surface area (Å²) in [6, 6.07) is 14.3. The Morgan fingerprint density at radius 1 is 1.04 bits per heavy atom. The van der Waals surface area contributed by atoms with Gasteiger partial charge in [-0.2, -0.15) is 13.9 Å². The number of nitrogens with zero attached hydrogens (tertiary/aromatic N) is 3. The molecule has 0 N–H and O–H groups in total. The number of hydrogen-bond donors (Lipinski definition) is 0. The third kappa shape index (κ3) is 2.38. The predicted octanol–water partition coefficient (Wildman–Crippen LogP) is 4.15. The minimum absolute atomic E-state index is 0.0992. The lowest BCUT2D eigenvalue weighted by Crippen LogP contribution is -2.03. The van der Waals surface area contributed by atoms with Gasteiger partial charge in [-0.3, -0.25) is 0 Å². The van der Waals surface area contributed by atoms with Gasteiger partial charge in [0.25, 0.3) is 0 Å². The lowest BCUT2D eigenvalue weighted by molar-refractivity contribution is -0.0493. The Morgan fingerprint density at radius 2 is 1.91 bits per heavy atom. The Morgan fingerprint density at radius 3 is 2.74 bits per heavy atom. The fraction of sp³-hybridized carbons (Fsp3) is 0.0588. The molecule has 0 aliphatic carbocycles. The van der Waals surface area contributed by atoms with E-state index in [9.17, 15) is 8.78 Å². The summed E-state index contributed by atoms with van der Waals surface area (Å²) in [5.41, 5.74) is 1.71. The zero-order valence-corrected chi connectivity index (χ0v) is 11.9. The minimum atomic E-state index is -2.90. The summed E-state index contributed by atoms with van der Waals surface area (Å²) >= 11 is 0. The largest absolute Gasteiger partial charge is 0.434 e. The van der Waals surface area contributed by atoms with Crippen molar-refractivity contribution in [2.75, 3.05) is 0 Å². The molecule has 2 aromatic carbocycles. The van der Waals surface area contributed by atoms with Crippen LogP contribution in [0.1, 0.15) is 0 Å². The average molecular weight is 311 g/mol. The maximum absolute atomic E-state index is 12.8. The first-order chi connectivity index (χ1) is 11.2. The molecule has 0 bridgehead atoms. The highest BCUT2D eigenvalue weighted by atomic mass is 19.3. The molecule has 0 spiro atoms. The molecule has 2 heterocycles. The van der Waals surface area contributed by atoms with Gasteiger partial charge >= 0.3 is 6.61 Å². The molecular formula is C17H11F2N3O. The highest BCUT2D eigenvalue weighted by molar-refractivity contribution is 5.99. The maximum Gasteiger partial charge on any atom is 0.387 e. The van der Waals surface area contributed by atoms with Crippen LogP contribution >= 0.6 is 0 Å². The predicted molar refractivity (Wildman–Crippen MR) is 82.6 cm³/mol. The smallest absolute Gasteiger partial charge is 0.387 e. The van der Waals surface area contributed by atoms with Crippen LogP contribution in [0.3, 0.4) is 0 Å². The van der Waals surface area contributed by atoms with Crippen molar-refractivity contribution in [3.8, 4) is 17.0 Å². The first-order valence-corrected chi connectivity index (χ1v) is 7.00. The summed E-state index contributed by atoms with van der Waals surface area (Å²) in [5, 5.41) is 6.16. The van der Waals surface area contributed by atoms with Gasteiger partial charge in [0.2, 0.25) is 0 Å². The number of halogens is 2. The molecule has 0 aliphatic rings. The highest BCUT2D eigenvalue weighted by Gasteiger charge is 2.17. The molecule has 2 aromatic heterocycles. The van der Waals surface area contributed by atoms with Crippen LogP contribution in [0.25, 0.3) is 27.7 Å². The second-order valence-corrected chi connectivity index (χ2v) is 4.99. The number of ether oxygens (including phenoxy) is 1. The lowest BCUT2D eigenvalue weighted by Gasteiger charge is -2.12. The van der Waals surface area contributed by atoms with Crippen LogP contribution in [-0.2, 0) is 0 Å². The summed E-state index contributed by atoms with van der Waals surface area (Å²) in [6.45, 7) is -2.90. The summed E-state index contributed by atoms with van der Waals surface area (Å²) < 4.78 is 31.8. The number of aromatic nitrogens is 3. The normalized spacial score (nSPS) is 11.4. The fourth-order valence-corrected chi connectivity index (χ4v) is 2.66. The molecular weight excluding hydrogens is 300 g/mol. The Kier molecular flexibility index (Phi) is 3.15. The number of hydrogen-bond acceptors (Lipinski definition) is 3. The van der Waals surface area contributed by atoms with E-state index in [4.69, 9.17) is 4.74 Å². The molecule has 0 unspecified atom stereocenters. The average Bonchev–Trinajstić information content (AvgIpc) is 2.97. The van der Waals surface area contributed by atoms with Crippen LogP contribution in [0.4, 0.5) is 8.78 Å². The Balaban J connectivity index is 2.02. The Bertz CT molecular complexity index is 964. The molecule has 0 aliphatic heterocycles. The van der Waals surface area contributed by atoms with Crippen LogP contribution in [0.15, 0.2) is 60.9 Å². The summed E-state index contributed by atoms with van der Waals surface area (Å²) in [5.74, 6) is 0.0992. The van der Waals surface area contributed by atoms with Gasteiger partial charge in [-0.05, 0) is 22.9 Å². The molecule has 0 saturated carbocycles. The van der Waals surface area contributed by atoms with E-state index in [-0.39, 0.29) is 5.75 Å². The van der Waals surface area contributed by atoms with Gasteiger partial charge < -0.3 is 4.74 Å². The second-order valence-electron chi connectivity index (χ2n) is 4.99. The molecule has 0 amide bonds. The van der Waals surface area contributed by atoms with Gasteiger partial charge in [-0.25, -0.2) is 9.50 Å². The zero-order valence-electron chi connectivity index (χ0n) is 11.9. The van der Waals surface area contributed by atoms with Gasteiger partial charge in [0.15, 0.2) is 5.65 Å². The Hall–Kier alpha value is -3.02. The SMILES string of the molecule is FC(F)Oc1ccc2ccccc2c1-c1cc2ncccn2n1. The van der Waals surface area contributed by atoms with E-state index in [1.165, 1.54) is 0 Å². The molecule has 4 rings (SSSR count). The number of rotatable bonds is 3. The number of fused-ring (bicyclic) bond motifs is 2. The van der Waals surface area contributed by atoms with Crippen molar-refractivity contribution >= 4 is 16.4 Å². The van der Waals surface area contributed by atoms with Crippen molar-refractivity contribution in [2.45, 2.75) is 6.61 Å². The van der Waals surface area contributed by atoms with Crippen molar-refractivity contribution in [1.82, 2.24) is 14.6 Å². The first-order valence-electron chi connectivity index (χ1n) is 7.00. The van der Waals surface area contributed by atoms with E-state index in [2.05, 4.69) is 10.1 Å². The molecule has 0 fully saturated rings. The van der Waals surface area contributed by atoms with Crippen LogP contribution in [0.2, 0.25) is 0 Å². The molecule has 6 heteroatoms. The Labute approximate surface area is 130 Å². The first kappa shape index (κ1) is 13.6. The van der Waals surface area contributed by atoms with Crippen LogP contribution in [0, 0.1) is 0 Å². The van der Waals surface area contributed by atoms with Gasteiger partial charge in [-0.1, -0.05) is 30.3 Å². The molecule has 0 saturated heterocycles. The summed E-state index contributed by atoms with van der Waals surface area (Å²) in [7, 11) is 0. The summed E-state index contributed by atoms with van der Waals surface area (Å²) in [4.78, 5) is 4.21. The molecule has 23 heavy (non-hydrogen) atoms. The van der Waals surface area contributed by atoms with Gasteiger partial charge in [-0.15, -0.1) is 0 Å².